The lowest BCUT2D eigenvalue weighted by Gasteiger charge is -2.25. The smallest absolute Gasteiger partial charge is 0.407 e. The van der Waals surface area contributed by atoms with E-state index in [1.54, 1.807) is 0 Å². The number of rotatable bonds is 6. The van der Waals surface area contributed by atoms with Crippen LogP contribution in [0.3, 0.4) is 0 Å². The van der Waals surface area contributed by atoms with Crippen LogP contribution >= 0.6 is 0 Å². The zero-order chi connectivity index (χ0) is 17.0. The van der Waals surface area contributed by atoms with E-state index in [9.17, 15) is 4.79 Å². The summed E-state index contributed by atoms with van der Waals surface area (Å²) >= 11 is 0. The van der Waals surface area contributed by atoms with Crippen LogP contribution in [0.5, 0.6) is 0 Å². The van der Waals surface area contributed by atoms with E-state index in [-0.39, 0.29) is 6.04 Å². The molecule has 7 nitrogen and oxygen atoms in total. The molecule has 0 bridgehead atoms. The number of amides is 1. The largest absolute Gasteiger partial charge is 0.444 e. The Balaban J connectivity index is 1.74. The summed E-state index contributed by atoms with van der Waals surface area (Å²) in [5, 5.41) is 11.0. The molecule has 1 aliphatic rings. The van der Waals surface area contributed by atoms with Gasteiger partial charge in [-0.05, 0) is 47.6 Å². The fourth-order valence-electron chi connectivity index (χ4n) is 2.22. The average molecular weight is 324 g/mol. The lowest BCUT2D eigenvalue weighted by atomic mass is 9.85. The lowest BCUT2D eigenvalue weighted by molar-refractivity contribution is 0.0511. The molecule has 0 spiro atoms. The molecule has 0 aromatic carbocycles. The molecular formula is C16H28N4O3. The maximum Gasteiger partial charge on any atom is 0.407 e. The summed E-state index contributed by atoms with van der Waals surface area (Å²) < 4.78 is 10.9. The lowest BCUT2D eigenvalue weighted by Crippen LogP contribution is -2.41. The third-order valence-corrected chi connectivity index (χ3v) is 4.01. The van der Waals surface area contributed by atoms with Gasteiger partial charge in [-0.25, -0.2) is 4.79 Å². The first-order valence-corrected chi connectivity index (χ1v) is 8.24. The topological polar surface area (TPSA) is 80.5 Å². The summed E-state index contributed by atoms with van der Waals surface area (Å²) in [7, 11) is 1.97. The Hall–Kier alpha value is -1.63. The zero-order valence-electron chi connectivity index (χ0n) is 14.8. The van der Waals surface area contributed by atoms with Crippen LogP contribution < -0.4 is 5.32 Å². The standard InChI is InChI=1S/C16H28N4O3/c1-11(9-17-15(21)23-16(2,3)4)20(5)10-13-18-19-14(22-13)12-7-6-8-12/h11-12H,6-10H2,1-5H3,(H,17,21). The van der Waals surface area contributed by atoms with Gasteiger partial charge < -0.3 is 14.5 Å². The number of nitrogens with one attached hydrogen (secondary N) is 1. The van der Waals surface area contributed by atoms with E-state index in [0.29, 0.717) is 24.9 Å². The van der Waals surface area contributed by atoms with Crippen LogP contribution in [-0.2, 0) is 11.3 Å². The number of hydrogen-bond acceptors (Lipinski definition) is 6. The van der Waals surface area contributed by atoms with Gasteiger partial charge in [-0.1, -0.05) is 6.42 Å². The Morgan fingerprint density at radius 2 is 2.13 bits per heavy atom. The normalized spacial score (nSPS) is 17.0. The van der Waals surface area contributed by atoms with Crippen LogP contribution in [0.25, 0.3) is 0 Å². The van der Waals surface area contributed by atoms with E-state index in [2.05, 4.69) is 20.4 Å². The van der Waals surface area contributed by atoms with Crippen LogP contribution in [-0.4, -0.2) is 46.4 Å². The van der Waals surface area contributed by atoms with Gasteiger partial charge in [0.2, 0.25) is 11.8 Å². The van der Waals surface area contributed by atoms with Crippen LogP contribution in [0.1, 0.15) is 64.7 Å². The summed E-state index contributed by atoms with van der Waals surface area (Å²) in [4.78, 5) is 13.7. The van der Waals surface area contributed by atoms with Gasteiger partial charge in [0.15, 0.2) is 0 Å². The van der Waals surface area contributed by atoms with Crippen molar-refractivity contribution in [3.63, 3.8) is 0 Å². The second kappa shape index (κ2) is 7.29. The second-order valence-corrected chi connectivity index (χ2v) is 7.31. The molecule has 2 rings (SSSR count). The maximum atomic E-state index is 11.7. The molecule has 1 aromatic heterocycles. The van der Waals surface area contributed by atoms with Crippen molar-refractivity contribution < 1.29 is 13.9 Å². The SMILES string of the molecule is CC(CNC(=O)OC(C)(C)C)N(C)Cc1nnc(C2CCC2)o1. The van der Waals surface area contributed by atoms with Gasteiger partial charge in [0.25, 0.3) is 0 Å². The van der Waals surface area contributed by atoms with E-state index in [1.807, 2.05) is 34.7 Å². The molecule has 1 aromatic rings. The number of alkyl carbamates (subject to hydrolysis) is 1. The Morgan fingerprint density at radius 1 is 1.43 bits per heavy atom. The third-order valence-electron chi connectivity index (χ3n) is 4.01. The summed E-state index contributed by atoms with van der Waals surface area (Å²) in [6.07, 6.45) is 3.14. The van der Waals surface area contributed by atoms with E-state index < -0.39 is 11.7 Å². The van der Waals surface area contributed by atoms with Crippen LogP contribution in [0.4, 0.5) is 4.79 Å². The van der Waals surface area contributed by atoms with Gasteiger partial charge in [-0.15, -0.1) is 10.2 Å². The van der Waals surface area contributed by atoms with Gasteiger partial charge in [0, 0.05) is 18.5 Å². The molecule has 0 radical (unpaired) electrons. The molecular weight excluding hydrogens is 296 g/mol. The second-order valence-electron chi connectivity index (χ2n) is 7.31. The number of carbonyl (C=O) groups is 1. The monoisotopic (exact) mass is 324 g/mol. The first kappa shape index (κ1) is 17.7. The molecule has 1 aliphatic carbocycles. The molecule has 130 valence electrons. The predicted molar refractivity (Wildman–Crippen MR) is 86.1 cm³/mol. The van der Waals surface area contributed by atoms with Crippen LogP contribution in [0, 0.1) is 0 Å². The summed E-state index contributed by atoms with van der Waals surface area (Å²) in [6.45, 7) is 8.62. The summed E-state index contributed by atoms with van der Waals surface area (Å²) in [5.41, 5.74) is -0.485. The third kappa shape index (κ3) is 5.49. The molecule has 1 amide bonds. The maximum absolute atomic E-state index is 11.7. The fourth-order valence-corrected chi connectivity index (χ4v) is 2.22. The highest BCUT2D eigenvalue weighted by Gasteiger charge is 2.25. The summed E-state index contributed by atoms with van der Waals surface area (Å²) in [6, 6.07) is 0.126. The van der Waals surface area contributed by atoms with Crippen molar-refractivity contribution in [2.75, 3.05) is 13.6 Å². The van der Waals surface area contributed by atoms with Crippen LogP contribution in [0.15, 0.2) is 4.42 Å². The van der Waals surface area contributed by atoms with Gasteiger partial charge in [0.05, 0.1) is 6.54 Å². The number of aromatic nitrogens is 2. The van der Waals surface area contributed by atoms with Gasteiger partial charge >= 0.3 is 6.09 Å². The van der Waals surface area contributed by atoms with Crippen molar-refractivity contribution in [3.8, 4) is 0 Å². The highest BCUT2D eigenvalue weighted by Crippen LogP contribution is 2.35. The number of carbonyl (C=O) groups excluding carboxylic acids is 1. The molecule has 1 fully saturated rings. The van der Waals surface area contributed by atoms with Crippen molar-refractivity contribution in [1.82, 2.24) is 20.4 Å². The summed E-state index contributed by atoms with van der Waals surface area (Å²) in [5.74, 6) is 1.84. The average Bonchev–Trinajstić information content (AvgIpc) is 2.79. The first-order valence-electron chi connectivity index (χ1n) is 8.24. The quantitative estimate of drug-likeness (QED) is 0.866. The van der Waals surface area contributed by atoms with Crippen molar-refractivity contribution in [1.29, 1.82) is 0 Å². The number of nitrogens with zero attached hydrogens (tertiary/aromatic N) is 3. The molecule has 0 aliphatic heterocycles. The van der Waals surface area contributed by atoms with Gasteiger partial charge in [0.1, 0.15) is 5.60 Å². The Labute approximate surface area is 137 Å². The molecule has 1 unspecified atom stereocenters. The van der Waals surface area contributed by atoms with Gasteiger partial charge in [-0.2, -0.15) is 0 Å². The molecule has 1 saturated carbocycles. The minimum Gasteiger partial charge on any atom is -0.444 e. The molecule has 1 atom stereocenters. The molecule has 1 heterocycles. The van der Waals surface area contributed by atoms with Gasteiger partial charge in [-0.3, -0.25) is 4.90 Å². The van der Waals surface area contributed by atoms with E-state index in [1.165, 1.54) is 6.42 Å². The van der Waals surface area contributed by atoms with Crippen LogP contribution in [0.2, 0.25) is 0 Å². The number of ether oxygens (including phenoxy) is 1. The van der Waals surface area contributed by atoms with E-state index in [0.717, 1.165) is 18.7 Å². The highest BCUT2D eigenvalue weighted by molar-refractivity contribution is 5.67. The van der Waals surface area contributed by atoms with Crippen molar-refractivity contribution in [2.45, 2.75) is 71.1 Å². The predicted octanol–water partition coefficient (Wildman–Crippen LogP) is 2.68. The van der Waals surface area contributed by atoms with Crippen molar-refractivity contribution in [2.24, 2.45) is 0 Å². The van der Waals surface area contributed by atoms with E-state index >= 15 is 0 Å². The number of hydrogen-bond donors (Lipinski definition) is 1. The number of likely N-dealkylation sites (N-methyl/N-ethyl adjacent to an activating group) is 1. The molecule has 7 heteroatoms. The molecule has 1 N–H and O–H groups in total. The Morgan fingerprint density at radius 3 is 2.70 bits per heavy atom. The highest BCUT2D eigenvalue weighted by atomic mass is 16.6. The zero-order valence-corrected chi connectivity index (χ0v) is 14.8. The van der Waals surface area contributed by atoms with Crippen molar-refractivity contribution in [3.05, 3.63) is 11.8 Å². The van der Waals surface area contributed by atoms with E-state index in [4.69, 9.17) is 9.15 Å². The first-order chi connectivity index (χ1) is 10.7. The molecule has 0 saturated heterocycles. The molecule has 23 heavy (non-hydrogen) atoms. The minimum atomic E-state index is -0.485. The Bertz CT molecular complexity index is 520. The fraction of sp³-hybridized carbons (Fsp3) is 0.812. The minimum absolute atomic E-state index is 0.126. The van der Waals surface area contributed by atoms with Crippen molar-refractivity contribution >= 4 is 6.09 Å². The Kier molecular flexibility index (Phi) is 5.62.